The molecule has 0 bridgehead atoms. The van der Waals surface area contributed by atoms with Gasteiger partial charge in [0.25, 0.3) is 0 Å². The molecule has 2 heterocycles. The molecular formula is C15H22N4O2. The molecular weight excluding hydrogens is 268 g/mol. The Labute approximate surface area is 124 Å². The van der Waals surface area contributed by atoms with Gasteiger partial charge in [0.2, 0.25) is 0 Å². The first kappa shape index (κ1) is 14.3. The molecule has 0 radical (unpaired) electrons. The summed E-state index contributed by atoms with van der Waals surface area (Å²) in [5.74, 6) is 0.740. The first-order valence-corrected chi connectivity index (χ1v) is 7.37. The molecule has 1 fully saturated rings. The molecule has 0 atom stereocenters. The third kappa shape index (κ3) is 3.33. The smallest absolute Gasteiger partial charge is 0.162 e. The molecule has 1 aliphatic rings. The molecule has 21 heavy (non-hydrogen) atoms. The third-order valence-electron chi connectivity index (χ3n) is 3.88. The molecule has 2 aromatic rings. The molecule has 114 valence electrons. The molecule has 0 saturated heterocycles. The molecule has 2 aromatic heterocycles. The van der Waals surface area contributed by atoms with E-state index in [4.69, 9.17) is 9.26 Å². The Kier molecular flexibility index (Phi) is 4.07. The van der Waals surface area contributed by atoms with Gasteiger partial charge in [-0.15, -0.1) is 0 Å². The summed E-state index contributed by atoms with van der Waals surface area (Å²) < 4.78 is 12.2. The van der Waals surface area contributed by atoms with Crippen LogP contribution in [0.25, 0.3) is 0 Å². The van der Waals surface area contributed by atoms with Crippen molar-refractivity contribution in [2.24, 2.45) is 0 Å². The van der Waals surface area contributed by atoms with Crippen molar-refractivity contribution in [2.45, 2.75) is 52.4 Å². The van der Waals surface area contributed by atoms with Gasteiger partial charge in [0, 0.05) is 37.0 Å². The van der Waals surface area contributed by atoms with E-state index in [1.807, 2.05) is 10.7 Å². The number of hydrogen-bond acceptors (Lipinski definition) is 5. The second-order valence-corrected chi connectivity index (χ2v) is 5.68. The summed E-state index contributed by atoms with van der Waals surface area (Å²) in [5.41, 5.74) is 4.44. The molecule has 3 rings (SSSR count). The Bertz CT molecular complexity index is 613. The van der Waals surface area contributed by atoms with Crippen molar-refractivity contribution in [3.05, 3.63) is 34.5 Å². The van der Waals surface area contributed by atoms with Crippen molar-refractivity contribution in [1.29, 1.82) is 0 Å². The van der Waals surface area contributed by atoms with Crippen LogP contribution in [0.15, 0.2) is 10.6 Å². The summed E-state index contributed by atoms with van der Waals surface area (Å²) in [4.78, 5) is 0. The van der Waals surface area contributed by atoms with Crippen LogP contribution >= 0.6 is 0 Å². The van der Waals surface area contributed by atoms with Crippen LogP contribution in [0.2, 0.25) is 0 Å². The molecule has 6 heteroatoms. The molecule has 0 aliphatic heterocycles. The number of methoxy groups -OCH3 is 1. The fourth-order valence-corrected chi connectivity index (χ4v) is 2.47. The van der Waals surface area contributed by atoms with Crippen molar-refractivity contribution in [3.63, 3.8) is 0 Å². The normalized spacial score (nSPS) is 14.8. The molecule has 0 amide bonds. The van der Waals surface area contributed by atoms with E-state index in [9.17, 15) is 0 Å². The van der Waals surface area contributed by atoms with Crippen molar-refractivity contribution in [3.8, 4) is 0 Å². The van der Waals surface area contributed by atoms with Gasteiger partial charge >= 0.3 is 0 Å². The topological polar surface area (TPSA) is 65.1 Å². The standard InChI is InChI=1S/C15H22N4O2/c1-10-15(7-16-12-4-5-12)11(2)19(17-10)8-13-6-14(9-20-3)21-18-13/h6,12,16H,4-5,7-9H2,1-3H3. The van der Waals surface area contributed by atoms with E-state index in [-0.39, 0.29) is 0 Å². The van der Waals surface area contributed by atoms with Gasteiger partial charge in [-0.2, -0.15) is 5.10 Å². The van der Waals surface area contributed by atoms with E-state index < -0.39 is 0 Å². The van der Waals surface area contributed by atoms with E-state index in [1.54, 1.807) is 7.11 Å². The maximum Gasteiger partial charge on any atom is 0.162 e. The van der Waals surface area contributed by atoms with Gasteiger partial charge in [0.15, 0.2) is 5.76 Å². The molecule has 0 spiro atoms. The summed E-state index contributed by atoms with van der Waals surface area (Å²) in [6, 6.07) is 2.63. The van der Waals surface area contributed by atoms with Crippen LogP contribution in [0.1, 0.15) is 41.2 Å². The number of aromatic nitrogens is 3. The summed E-state index contributed by atoms with van der Waals surface area (Å²) in [5, 5.41) is 12.2. The minimum atomic E-state index is 0.445. The van der Waals surface area contributed by atoms with Crippen LogP contribution in [0.4, 0.5) is 0 Å². The largest absolute Gasteiger partial charge is 0.377 e. The number of aryl methyl sites for hydroxylation is 1. The second kappa shape index (κ2) is 5.99. The average molecular weight is 290 g/mol. The predicted molar refractivity (Wildman–Crippen MR) is 77.9 cm³/mol. The Morgan fingerprint density at radius 2 is 2.24 bits per heavy atom. The zero-order valence-electron chi connectivity index (χ0n) is 12.8. The monoisotopic (exact) mass is 290 g/mol. The molecule has 1 saturated carbocycles. The number of nitrogens with zero attached hydrogens (tertiary/aromatic N) is 3. The number of hydrogen-bond donors (Lipinski definition) is 1. The van der Waals surface area contributed by atoms with Crippen LogP contribution in [0, 0.1) is 13.8 Å². The minimum Gasteiger partial charge on any atom is -0.377 e. The Morgan fingerprint density at radius 1 is 1.43 bits per heavy atom. The van der Waals surface area contributed by atoms with E-state index in [0.717, 1.165) is 23.7 Å². The quantitative estimate of drug-likeness (QED) is 0.844. The van der Waals surface area contributed by atoms with Gasteiger partial charge in [-0.25, -0.2) is 0 Å². The van der Waals surface area contributed by atoms with E-state index in [2.05, 4.69) is 29.4 Å². The molecule has 0 unspecified atom stereocenters. The highest BCUT2D eigenvalue weighted by Crippen LogP contribution is 2.21. The average Bonchev–Trinajstić information content (AvgIpc) is 3.12. The Morgan fingerprint density at radius 3 is 2.95 bits per heavy atom. The highest BCUT2D eigenvalue weighted by Gasteiger charge is 2.22. The predicted octanol–water partition coefficient (Wildman–Crippen LogP) is 1.93. The number of rotatable bonds is 7. The van der Waals surface area contributed by atoms with Gasteiger partial charge in [0.05, 0.1) is 12.2 Å². The third-order valence-corrected chi connectivity index (χ3v) is 3.88. The fourth-order valence-electron chi connectivity index (χ4n) is 2.47. The lowest BCUT2D eigenvalue weighted by atomic mass is 10.2. The first-order valence-electron chi connectivity index (χ1n) is 7.37. The van der Waals surface area contributed by atoms with Gasteiger partial charge in [-0.05, 0) is 26.7 Å². The lowest BCUT2D eigenvalue weighted by Gasteiger charge is -2.04. The van der Waals surface area contributed by atoms with Crippen molar-refractivity contribution in [1.82, 2.24) is 20.3 Å². The molecule has 1 aliphatic carbocycles. The Hall–Kier alpha value is -1.66. The SMILES string of the molecule is COCc1cc(Cn2nc(C)c(CNC3CC3)c2C)no1. The number of ether oxygens (including phenoxy) is 1. The first-order chi connectivity index (χ1) is 10.2. The van der Waals surface area contributed by atoms with Crippen molar-refractivity contribution in [2.75, 3.05) is 7.11 Å². The Balaban J connectivity index is 1.70. The van der Waals surface area contributed by atoms with Crippen LogP contribution in [0.5, 0.6) is 0 Å². The highest BCUT2D eigenvalue weighted by molar-refractivity contribution is 5.25. The summed E-state index contributed by atoms with van der Waals surface area (Å²) in [7, 11) is 1.64. The zero-order chi connectivity index (χ0) is 14.8. The van der Waals surface area contributed by atoms with E-state index >= 15 is 0 Å². The highest BCUT2D eigenvalue weighted by atomic mass is 16.5. The van der Waals surface area contributed by atoms with Crippen LogP contribution in [-0.4, -0.2) is 28.1 Å². The van der Waals surface area contributed by atoms with Gasteiger partial charge in [-0.3, -0.25) is 4.68 Å². The maximum absolute atomic E-state index is 5.21. The van der Waals surface area contributed by atoms with E-state index in [0.29, 0.717) is 19.2 Å². The lowest BCUT2D eigenvalue weighted by Crippen LogP contribution is -2.16. The minimum absolute atomic E-state index is 0.445. The summed E-state index contributed by atoms with van der Waals surface area (Å²) >= 11 is 0. The van der Waals surface area contributed by atoms with Crippen molar-refractivity contribution < 1.29 is 9.26 Å². The van der Waals surface area contributed by atoms with Crippen LogP contribution < -0.4 is 5.32 Å². The zero-order valence-corrected chi connectivity index (χ0v) is 12.8. The lowest BCUT2D eigenvalue weighted by molar-refractivity contribution is 0.155. The molecule has 6 nitrogen and oxygen atoms in total. The van der Waals surface area contributed by atoms with Crippen LogP contribution in [-0.2, 0) is 24.4 Å². The van der Waals surface area contributed by atoms with Crippen LogP contribution in [0.3, 0.4) is 0 Å². The van der Waals surface area contributed by atoms with Crippen molar-refractivity contribution >= 4 is 0 Å². The van der Waals surface area contributed by atoms with Gasteiger partial charge in [0.1, 0.15) is 12.3 Å². The second-order valence-electron chi connectivity index (χ2n) is 5.68. The number of nitrogens with one attached hydrogen (secondary N) is 1. The van der Waals surface area contributed by atoms with Gasteiger partial charge < -0.3 is 14.6 Å². The summed E-state index contributed by atoms with van der Waals surface area (Å²) in [6.45, 7) is 6.15. The summed E-state index contributed by atoms with van der Waals surface area (Å²) in [6.07, 6.45) is 2.60. The van der Waals surface area contributed by atoms with E-state index in [1.165, 1.54) is 24.1 Å². The maximum atomic E-state index is 5.21. The molecule has 1 N–H and O–H groups in total. The van der Waals surface area contributed by atoms with Gasteiger partial charge in [-0.1, -0.05) is 5.16 Å². The fraction of sp³-hybridized carbons (Fsp3) is 0.600. The molecule has 0 aromatic carbocycles.